The number of aromatic carboxylic acids is 1. The zero-order valence-electron chi connectivity index (χ0n) is 19.8. The van der Waals surface area contributed by atoms with E-state index in [4.69, 9.17) is 15.1 Å². The number of thiophene rings is 1. The van der Waals surface area contributed by atoms with Crippen molar-refractivity contribution in [3.05, 3.63) is 77.5 Å². The van der Waals surface area contributed by atoms with Gasteiger partial charge in [0.1, 0.15) is 5.82 Å². The number of rotatable bonds is 8. The summed E-state index contributed by atoms with van der Waals surface area (Å²) in [5, 5.41) is 12.5. The van der Waals surface area contributed by atoms with Gasteiger partial charge in [0.25, 0.3) is 0 Å². The number of nitrogens with zero attached hydrogens (tertiary/aromatic N) is 3. The van der Waals surface area contributed by atoms with E-state index in [1.165, 1.54) is 16.1 Å². The van der Waals surface area contributed by atoms with Gasteiger partial charge in [-0.1, -0.05) is 26.0 Å². The van der Waals surface area contributed by atoms with E-state index in [0.29, 0.717) is 5.82 Å². The van der Waals surface area contributed by atoms with Gasteiger partial charge < -0.3 is 15.3 Å². The minimum absolute atomic E-state index is 0.253. The third-order valence-corrected chi connectivity index (χ3v) is 6.80. The Bertz CT molecular complexity index is 1300. The van der Waals surface area contributed by atoms with Crippen LogP contribution in [0.5, 0.6) is 0 Å². The summed E-state index contributed by atoms with van der Waals surface area (Å²) in [6.07, 6.45) is 1.60. The van der Waals surface area contributed by atoms with Crippen molar-refractivity contribution < 1.29 is 9.90 Å². The van der Waals surface area contributed by atoms with Gasteiger partial charge in [0, 0.05) is 41.6 Å². The average molecular weight is 473 g/mol. The minimum atomic E-state index is -0.941. The maximum Gasteiger partial charge on any atom is 0.335 e. The van der Waals surface area contributed by atoms with Crippen molar-refractivity contribution in [3.63, 3.8) is 0 Å². The van der Waals surface area contributed by atoms with Crippen LogP contribution in [0.25, 0.3) is 21.1 Å². The zero-order valence-corrected chi connectivity index (χ0v) is 20.6. The second-order valence-corrected chi connectivity index (χ2v) is 9.22. The van der Waals surface area contributed by atoms with Crippen LogP contribution in [0.15, 0.2) is 60.7 Å². The number of nitrogens with one attached hydrogen (secondary N) is 1. The van der Waals surface area contributed by atoms with Crippen LogP contribution in [0.2, 0.25) is 0 Å². The lowest BCUT2D eigenvalue weighted by atomic mass is 10.1. The van der Waals surface area contributed by atoms with Gasteiger partial charge in [0.05, 0.1) is 10.4 Å². The molecule has 2 aromatic carbocycles. The van der Waals surface area contributed by atoms with Crippen LogP contribution in [-0.2, 0) is 12.8 Å². The van der Waals surface area contributed by atoms with Gasteiger partial charge in [-0.15, -0.1) is 11.3 Å². The number of benzene rings is 2. The number of hydrogen-bond donors (Lipinski definition) is 2. The topological polar surface area (TPSA) is 78.4 Å². The van der Waals surface area contributed by atoms with Crippen LogP contribution in [0.3, 0.4) is 0 Å². The minimum Gasteiger partial charge on any atom is -0.478 e. The molecular weight excluding hydrogens is 444 g/mol. The number of carbonyl (C=O) groups is 1. The number of aryl methyl sites for hydroxylation is 1. The summed E-state index contributed by atoms with van der Waals surface area (Å²) in [6, 6.07) is 19.4. The molecule has 0 aliphatic rings. The molecule has 0 bridgehead atoms. The molecule has 6 nitrogen and oxygen atoms in total. The Morgan fingerprint density at radius 3 is 2.18 bits per heavy atom. The van der Waals surface area contributed by atoms with E-state index < -0.39 is 5.97 Å². The molecule has 0 saturated heterocycles. The third kappa shape index (κ3) is 4.94. The fraction of sp³-hybridized carbons (Fsp3) is 0.222. The number of carboxylic acid groups (broad SMARTS) is 1. The van der Waals surface area contributed by atoms with Crippen molar-refractivity contribution in [1.29, 1.82) is 0 Å². The van der Waals surface area contributed by atoms with Gasteiger partial charge in [-0.25, -0.2) is 14.8 Å². The van der Waals surface area contributed by atoms with Crippen molar-refractivity contribution >= 4 is 34.5 Å². The van der Waals surface area contributed by atoms with E-state index in [-0.39, 0.29) is 5.56 Å². The fourth-order valence-electron chi connectivity index (χ4n) is 3.78. The quantitative estimate of drug-likeness (QED) is 0.305. The van der Waals surface area contributed by atoms with E-state index in [2.05, 4.69) is 60.5 Å². The van der Waals surface area contributed by atoms with Crippen LogP contribution >= 0.6 is 11.3 Å². The molecule has 0 aliphatic carbocycles. The standard InChI is InChI=1S/C27H28N4O2S/c1-5-21-22(6-2)29-26(30-25(21)28-19-11-7-18(8-12-19)27(32)33)24-16-15-23(34-24)17-9-13-20(14-10-17)31(3)4/h7-16H,5-6H2,1-4H3,(H,32,33)(H,28,29,30). The molecule has 34 heavy (non-hydrogen) atoms. The van der Waals surface area contributed by atoms with E-state index in [1.54, 1.807) is 35.6 Å². The van der Waals surface area contributed by atoms with E-state index >= 15 is 0 Å². The molecule has 4 aromatic rings. The highest BCUT2D eigenvalue weighted by atomic mass is 32.1. The maximum atomic E-state index is 11.2. The molecule has 0 spiro atoms. The summed E-state index contributed by atoms with van der Waals surface area (Å²) < 4.78 is 0. The molecule has 2 N–H and O–H groups in total. The molecule has 0 radical (unpaired) electrons. The van der Waals surface area contributed by atoms with Gasteiger partial charge in [0.2, 0.25) is 0 Å². The molecule has 0 atom stereocenters. The summed E-state index contributed by atoms with van der Waals surface area (Å²) in [6.45, 7) is 4.19. The second kappa shape index (κ2) is 10.1. The van der Waals surface area contributed by atoms with Gasteiger partial charge >= 0.3 is 5.97 Å². The van der Waals surface area contributed by atoms with Crippen LogP contribution < -0.4 is 10.2 Å². The van der Waals surface area contributed by atoms with E-state index in [0.717, 1.165) is 40.5 Å². The van der Waals surface area contributed by atoms with Gasteiger partial charge in [-0.3, -0.25) is 0 Å². The Kier molecular flexibility index (Phi) is 6.93. The lowest BCUT2D eigenvalue weighted by Crippen LogP contribution is -2.07. The van der Waals surface area contributed by atoms with E-state index in [1.807, 2.05) is 14.1 Å². The molecule has 4 rings (SSSR count). The first-order chi connectivity index (χ1) is 16.4. The molecule has 2 aromatic heterocycles. The fourth-order valence-corrected chi connectivity index (χ4v) is 4.72. The van der Waals surface area contributed by atoms with Crippen LogP contribution in [0, 0.1) is 0 Å². The summed E-state index contributed by atoms with van der Waals surface area (Å²) >= 11 is 1.67. The highest BCUT2D eigenvalue weighted by Gasteiger charge is 2.16. The molecule has 174 valence electrons. The highest BCUT2D eigenvalue weighted by molar-refractivity contribution is 7.18. The lowest BCUT2D eigenvalue weighted by Gasteiger charge is -2.15. The molecule has 7 heteroatoms. The highest BCUT2D eigenvalue weighted by Crippen LogP contribution is 2.35. The first-order valence-corrected chi connectivity index (χ1v) is 12.1. The van der Waals surface area contributed by atoms with Crippen molar-refractivity contribution in [2.45, 2.75) is 26.7 Å². The van der Waals surface area contributed by atoms with E-state index in [9.17, 15) is 4.79 Å². The van der Waals surface area contributed by atoms with Gasteiger partial charge in [-0.05, 0) is 66.9 Å². The summed E-state index contributed by atoms with van der Waals surface area (Å²) in [5.74, 6) is 0.515. The SMILES string of the molecule is CCc1nc(-c2ccc(-c3ccc(N(C)C)cc3)s2)nc(Nc2ccc(C(=O)O)cc2)c1CC. The molecule has 0 fully saturated rings. The summed E-state index contributed by atoms with van der Waals surface area (Å²) in [7, 11) is 4.07. The van der Waals surface area contributed by atoms with Crippen LogP contribution in [0.1, 0.15) is 35.5 Å². The number of hydrogen-bond acceptors (Lipinski definition) is 6. The predicted molar refractivity (Wildman–Crippen MR) is 141 cm³/mol. The first-order valence-electron chi connectivity index (χ1n) is 11.3. The monoisotopic (exact) mass is 472 g/mol. The van der Waals surface area contributed by atoms with Crippen LogP contribution in [-0.4, -0.2) is 35.1 Å². The Morgan fingerprint density at radius 1 is 0.912 bits per heavy atom. The zero-order chi connectivity index (χ0) is 24.2. The Hall–Kier alpha value is -3.71. The largest absolute Gasteiger partial charge is 0.478 e. The summed E-state index contributed by atoms with van der Waals surface area (Å²) in [4.78, 5) is 25.2. The van der Waals surface area contributed by atoms with Gasteiger partial charge in [0.15, 0.2) is 5.82 Å². The molecule has 0 saturated carbocycles. The smallest absolute Gasteiger partial charge is 0.335 e. The van der Waals surface area contributed by atoms with Crippen molar-refractivity contribution in [2.24, 2.45) is 0 Å². The molecular formula is C27H28N4O2S. The second-order valence-electron chi connectivity index (χ2n) is 8.14. The third-order valence-electron chi connectivity index (χ3n) is 5.67. The molecule has 0 aliphatic heterocycles. The van der Waals surface area contributed by atoms with Gasteiger partial charge in [-0.2, -0.15) is 0 Å². The Balaban J connectivity index is 1.68. The molecule has 0 unspecified atom stereocenters. The normalized spacial score (nSPS) is 10.8. The first kappa shape index (κ1) is 23.4. The number of aromatic nitrogens is 2. The van der Waals surface area contributed by atoms with Crippen LogP contribution in [0.4, 0.5) is 17.2 Å². The van der Waals surface area contributed by atoms with Crippen molar-refractivity contribution in [3.8, 4) is 21.1 Å². The lowest BCUT2D eigenvalue weighted by molar-refractivity contribution is 0.0697. The predicted octanol–water partition coefficient (Wildman–Crippen LogP) is 6.50. The molecule has 2 heterocycles. The Morgan fingerprint density at radius 2 is 1.59 bits per heavy atom. The number of carboxylic acids is 1. The maximum absolute atomic E-state index is 11.2. The Labute approximate surface area is 204 Å². The van der Waals surface area contributed by atoms with Crippen molar-refractivity contribution in [2.75, 3.05) is 24.3 Å². The van der Waals surface area contributed by atoms with Crippen molar-refractivity contribution in [1.82, 2.24) is 9.97 Å². The number of anilines is 3. The molecule has 0 amide bonds. The average Bonchev–Trinajstić information content (AvgIpc) is 3.34. The summed E-state index contributed by atoms with van der Waals surface area (Å²) in [5.41, 5.74) is 5.47.